The van der Waals surface area contributed by atoms with Crippen LogP contribution in [0.25, 0.3) is 0 Å². The smallest absolute Gasteiger partial charge is 0.226 e. The summed E-state index contributed by atoms with van der Waals surface area (Å²) in [4.78, 5) is 19.4. The third kappa shape index (κ3) is 4.50. The van der Waals surface area contributed by atoms with E-state index in [9.17, 15) is 4.79 Å². The van der Waals surface area contributed by atoms with E-state index in [-0.39, 0.29) is 5.92 Å². The molecule has 1 saturated carbocycles. The van der Waals surface area contributed by atoms with Gasteiger partial charge in [-0.3, -0.25) is 4.79 Å². The molecule has 0 aromatic heterocycles. The molecule has 3 rings (SSSR count). The summed E-state index contributed by atoms with van der Waals surface area (Å²) in [6.07, 6.45) is 2.02. The Bertz CT molecular complexity index is 571. The minimum Gasteiger partial charge on any atom is -0.345 e. The molecular weight excluding hydrogens is 322 g/mol. The maximum atomic E-state index is 12.6. The van der Waals surface area contributed by atoms with E-state index in [4.69, 9.17) is 11.6 Å². The Morgan fingerprint density at radius 1 is 1.29 bits per heavy atom. The van der Waals surface area contributed by atoms with Gasteiger partial charge in [0.2, 0.25) is 5.91 Å². The largest absolute Gasteiger partial charge is 0.345 e. The number of benzene rings is 1. The second kappa shape index (κ2) is 7.85. The lowest BCUT2D eigenvalue weighted by Gasteiger charge is -2.32. The van der Waals surface area contributed by atoms with Crippen LogP contribution in [0.2, 0.25) is 5.02 Å². The van der Waals surface area contributed by atoms with Crippen molar-refractivity contribution in [3.63, 3.8) is 0 Å². The first-order chi connectivity index (χ1) is 11.5. The highest BCUT2D eigenvalue weighted by Gasteiger charge is 2.45. The number of halogens is 1. The fourth-order valence-corrected chi connectivity index (χ4v) is 3.77. The molecule has 0 radical (unpaired) electrons. The highest BCUT2D eigenvalue weighted by Crippen LogP contribution is 2.48. The summed E-state index contributed by atoms with van der Waals surface area (Å²) in [5.41, 5.74) is 1.20. The van der Waals surface area contributed by atoms with Crippen LogP contribution in [0.4, 0.5) is 0 Å². The van der Waals surface area contributed by atoms with Gasteiger partial charge in [0, 0.05) is 50.7 Å². The zero-order valence-electron chi connectivity index (χ0n) is 14.7. The van der Waals surface area contributed by atoms with Gasteiger partial charge < -0.3 is 14.7 Å². The molecular formula is C19H28ClN3O. The topological polar surface area (TPSA) is 26.8 Å². The molecule has 1 amide bonds. The highest BCUT2D eigenvalue weighted by atomic mass is 35.5. The van der Waals surface area contributed by atoms with Gasteiger partial charge in [0.15, 0.2) is 0 Å². The van der Waals surface area contributed by atoms with E-state index in [1.165, 1.54) is 5.56 Å². The van der Waals surface area contributed by atoms with E-state index < -0.39 is 0 Å². The van der Waals surface area contributed by atoms with Gasteiger partial charge in [-0.15, -0.1) is 0 Å². The lowest BCUT2D eigenvalue weighted by molar-refractivity contribution is -0.131. The Balaban J connectivity index is 1.40. The summed E-state index contributed by atoms with van der Waals surface area (Å²) in [5, 5.41) is 0.756. The number of piperazine rings is 1. The van der Waals surface area contributed by atoms with E-state index in [1.54, 1.807) is 0 Å². The van der Waals surface area contributed by atoms with Crippen LogP contribution in [-0.4, -0.2) is 74.0 Å². The number of nitrogens with zero attached hydrogens (tertiary/aromatic N) is 3. The van der Waals surface area contributed by atoms with Crippen molar-refractivity contribution in [2.24, 2.45) is 5.92 Å². The summed E-state index contributed by atoms with van der Waals surface area (Å²) in [5.74, 6) is 0.798. The molecule has 1 heterocycles. The van der Waals surface area contributed by atoms with Gasteiger partial charge >= 0.3 is 0 Å². The first-order valence-electron chi connectivity index (χ1n) is 8.96. The molecule has 0 N–H and O–H groups in total. The molecule has 132 valence electrons. The summed E-state index contributed by atoms with van der Waals surface area (Å²) >= 11 is 6.05. The van der Waals surface area contributed by atoms with Gasteiger partial charge in [-0.2, -0.15) is 0 Å². The summed E-state index contributed by atoms with van der Waals surface area (Å²) in [6.45, 7) is 6.54. The van der Waals surface area contributed by atoms with Crippen molar-refractivity contribution in [2.45, 2.75) is 18.8 Å². The third-order valence-electron chi connectivity index (χ3n) is 5.32. The summed E-state index contributed by atoms with van der Waals surface area (Å²) in [7, 11) is 4.12. The van der Waals surface area contributed by atoms with Crippen molar-refractivity contribution in [3.8, 4) is 0 Å². The Hall–Kier alpha value is -1.10. The first-order valence-corrected chi connectivity index (χ1v) is 9.34. The van der Waals surface area contributed by atoms with E-state index in [0.717, 1.165) is 57.1 Å². The van der Waals surface area contributed by atoms with Crippen molar-refractivity contribution in [2.75, 3.05) is 53.4 Å². The standard InChI is InChI=1S/C19H28ClN3O/c1-21-9-11-23(12-10-21)8-4-7-22(2)19(24)18-14-17(18)15-5-3-6-16(20)13-15/h3,5-6,13,17-18H,4,7-12,14H2,1-2H3/t17-,18-/m1/s1. The van der Waals surface area contributed by atoms with Crippen molar-refractivity contribution in [1.29, 1.82) is 0 Å². The lowest BCUT2D eigenvalue weighted by Crippen LogP contribution is -2.45. The molecule has 0 spiro atoms. The average Bonchev–Trinajstić information content (AvgIpc) is 3.36. The number of hydrogen-bond donors (Lipinski definition) is 0. The monoisotopic (exact) mass is 349 g/mol. The molecule has 1 aromatic carbocycles. The van der Waals surface area contributed by atoms with Crippen molar-refractivity contribution in [3.05, 3.63) is 34.9 Å². The average molecular weight is 350 g/mol. The Labute approximate surface area is 150 Å². The van der Waals surface area contributed by atoms with Crippen LogP contribution in [0.1, 0.15) is 24.3 Å². The highest BCUT2D eigenvalue weighted by molar-refractivity contribution is 6.30. The predicted octanol–water partition coefficient (Wildman–Crippen LogP) is 2.54. The number of likely N-dealkylation sites (N-methyl/N-ethyl adjacent to an activating group) is 1. The van der Waals surface area contributed by atoms with Crippen LogP contribution < -0.4 is 0 Å². The Kier molecular flexibility index (Phi) is 5.80. The molecule has 24 heavy (non-hydrogen) atoms. The van der Waals surface area contributed by atoms with Gasteiger partial charge in [-0.05, 0) is 50.0 Å². The second-order valence-corrected chi connectivity index (χ2v) is 7.70. The fraction of sp³-hybridized carbons (Fsp3) is 0.632. The molecule has 1 aliphatic carbocycles. The summed E-state index contributed by atoms with van der Waals surface area (Å²) in [6, 6.07) is 7.93. The number of rotatable bonds is 6. The molecule has 1 aromatic rings. The molecule has 0 unspecified atom stereocenters. The van der Waals surface area contributed by atoms with Gasteiger partial charge in [-0.25, -0.2) is 0 Å². The van der Waals surface area contributed by atoms with E-state index in [0.29, 0.717) is 11.8 Å². The quantitative estimate of drug-likeness (QED) is 0.789. The molecule has 4 nitrogen and oxygen atoms in total. The first kappa shape index (κ1) is 17.7. The van der Waals surface area contributed by atoms with E-state index >= 15 is 0 Å². The fourth-order valence-electron chi connectivity index (χ4n) is 3.57. The van der Waals surface area contributed by atoms with Crippen molar-refractivity contribution < 1.29 is 4.79 Å². The summed E-state index contributed by atoms with van der Waals surface area (Å²) < 4.78 is 0. The van der Waals surface area contributed by atoms with Crippen LogP contribution in [-0.2, 0) is 4.79 Å². The van der Waals surface area contributed by atoms with Crippen LogP contribution in [0.3, 0.4) is 0 Å². The zero-order valence-corrected chi connectivity index (χ0v) is 15.5. The molecule has 2 aliphatic rings. The van der Waals surface area contributed by atoms with Gasteiger partial charge in [-0.1, -0.05) is 23.7 Å². The number of amides is 1. The van der Waals surface area contributed by atoms with Crippen molar-refractivity contribution in [1.82, 2.24) is 14.7 Å². The molecule has 2 atom stereocenters. The number of hydrogen-bond acceptors (Lipinski definition) is 3. The third-order valence-corrected chi connectivity index (χ3v) is 5.56. The van der Waals surface area contributed by atoms with Gasteiger partial charge in [0.25, 0.3) is 0 Å². The van der Waals surface area contributed by atoms with Gasteiger partial charge in [0.1, 0.15) is 0 Å². The maximum absolute atomic E-state index is 12.6. The maximum Gasteiger partial charge on any atom is 0.226 e. The predicted molar refractivity (Wildman–Crippen MR) is 98.5 cm³/mol. The molecule has 1 saturated heterocycles. The SMILES string of the molecule is CN1CCN(CCCN(C)C(=O)[C@@H]2C[C@@H]2c2cccc(Cl)c2)CC1. The van der Waals surface area contributed by atoms with Crippen LogP contribution in [0.5, 0.6) is 0 Å². The lowest BCUT2D eigenvalue weighted by atomic mass is 10.1. The Morgan fingerprint density at radius 3 is 2.75 bits per heavy atom. The van der Waals surface area contributed by atoms with Gasteiger partial charge in [0.05, 0.1) is 0 Å². The second-order valence-electron chi connectivity index (χ2n) is 7.26. The normalized spacial score (nSPS) is 24.8. The van der Waals surface area contributed by atoms with E-state index in [2.05, 4.69) is 22.9 Å². The van der Waals surface area contributed by atoms with Crippen LogP contribution in [0.15, 0.2) is 24.3 Å². The minimum atomic E-state index is 0.150. The molecule has 0 bridgehead atoms. The molecule has 2 fully saturated rings. The number of carbonyl (C=O) groups is 1. The number of carbonyl (C=O) groups excluding carboxylic acids is 1. The van der Waals surface area contributed by atoms with E-state index in [1.807, 2.05) is 30.1 Å². The van der Waals surface area contributed by atoms with Crippen LogP contribution in [0, 0.1) is 5.92 Å². The molecule has 5 heteroatoms. The Morgan fingerprint density at radius 2 is 2.04 bits per heavy atom. The minimum absolute atomic E-state index is 0.150. The zero-order chi connectivity index (χ0) is 17.1. The molecule has 1 aliphatic heterocycles. The van der Waals surface area contributed by atoms with Crippen LogP contribution >= 0.6 is 11.6 Å². The van der Waals surface area contributed by atoms with Crippen molar-refractivity contribution >= 4 is 17.5 Å².